The number of rotatable bonds is 5. The van der Waals surface area contributed by atoms with Gasteiger partial charge in [-0.1, -0.05) is 6.92 Å². The Morgan fingerprint density at radius 3 is 2.57 bits per heavy atom. The van der Waals surface area contributed by atoms with Crippen LogP contribution in [0, 0.1) is 13.8 Å². The summed E-state index contributed by atoms with van der Waals surface area (Å²) in [4.78, 5) is 17.5. The lowest BCUT2D eigenvalue weighted by Crippen LogP contribution is -2.38. The minimum Gasteiger partial charge on any atom is -0.362 e. The molecule has 0 bridgehead atoms. The fraction of sp³-hybridized carbons (Fsp3) is 0.688. The van der Waals surface area contributed by atoms with Crippen LogP contribution in [0.5, 0.6) is 0 Å². The standard InChI is InChI=1S/C16H27N3O3S/c1-4-10-23(21,22)19-7-5-6-18(8-9-19)16(20)12-15-11-13(2)17-14(15)3/h11,17H,4-10,12H2,1-3H3. The molecule has 0 saturated carbocycles. The van der Waals surface area contributed by atoms with E-state index in [4.69, 9.17) is 0 Å². The summed E-state index contributed by atoms with van der Waals surface area (Å²) in [5.74, 6) is 0.254. The van der Waals surface area contributed by atoms with Crippen LogP contribution in [-0.4, -0.2) is 60.4 Å². The van der Waals surface area contributed by atoms with Crippen molar-refractivity contribution in [1.82, 2.24) is 14.2 Å². The third-order valence-electron chi connectivity index (χ3n) is 4.26. The van der Waals surface area contributed by atoms with E-state index in [-0.39, 0.29) is 11.7 Å². The lowest BCUT2D eigenvalue weighted by molar-refractivity contribution is -0.130. The predicted molar refractivity (Wildman–Crippen MR) is 90.8 cm³/mol. The first-order chi connectivity index (χ1) is 10.8. The Balaban J connectivity index is 1.97. The second kappa shape index (κ2) is 7.49. The molecule has 1 fully saturated rings. The topological polar surface area (TPSA) is 73.5 Å². The third-order valence-corrected chi connectivity index (χ3v) is 6.34. The van der Waals surface area contributed by atoms with E-state index >= 15 is 0 Å². The van der Waals surface area contributed by atoms with Gasteiger partial charge >= 0.3 is 0 Å². The molecule has 0 atom stereocenters. The Morgan fingerprint density at radius 1 is 1.22 bits per heavy atom. The van der Waals surface area contributed by atoms with Crippen molar-refractivity contribution in [1.29, 1.82) is 0 Å². The number of amides is 1. The quantitative estimate of drug-likeness (QED) is 0.881. The normalized spacial score (nSPS) is 17.3. The molecule has 1 aliphatic rings. The zero-order valence-electron chi connectivity index (χ0n) is 14.3. The van der Waals surface area contributed by atoms with Gasteiger partial charge in [-0.3, -0.25) is 4.79 Å². The third kappa shape index (κ3) is 4.57. The van der Waals surface area contributed by atoms with Gasteiger partial charge < -0.3 is 9.88 Å². The van der Waals surface area contributed by atoms with Gasteiger partial charge in [0.05, 0.1) is 12.2 Å². The maximum Gasteiger partial charge on any atom is 0.227 e. The molecule has 7 heteroatoms. The molecule has 0 aromatic carbocycles. The molecule has 130 valence electrons. The minimum absolute atomic E-state index is 0.0711. The number of nitrogens with zero attached hydrogens (tertiary/aromatic N) is 2. The van der Waals surface area contributed by atoms with E-state index in [2.05, 4.69) is 4.98 Å². The highest BCUT2D eigenvalue weighted by Gasteiger charge is 2.26. The number of aryl methyl sites for hydroxylation is 2. The molecule has 0 unspecified atom stereocenters. The number of hydrogen-bond acceptors (Lipinski definition) is 3. The second-order valence-corrected chi connectivity index (χ2v) is 8.32. The fourth-order valence-electron chi connectivity index (χ4n) is 3.05. The summed E-state index contributed by atoms with van der Waals surface area (Å²) >= 11 is 0. The number of carbonyl (C=O) groups excluding carboxylic acids is 1. The fourth-order valence-corrected chi connectivity index (χ4v) is 4.59. The number of aromatic amines is 1. The van der Waals surface area contributed by atoms with Crippen molar-refractivity contribution in [2.24, 2.45) is 0 Å². The summed E-state index contributed by atoms with van der Waals surface area (Å²) < 4.78 is 25.9. The summed E-state index contributed by atoms with van der Waals surface area (Å²) in [6.07, 6.45) is 1.69. The number of H-pyrrole nitrogens is 1. The van der Waals surface area contributed by atoms with E-state index in [0.29, 0.717) is 45.4 Å². The smallest absolute Gasteiger partial charge is 0.227 e. The van der Waals surface area contributed by atoms with Crippen LogP contribution in [0.15, 0.2) is 6.07 Å². The molecule has 1 saturated heterocycles. The molecule has 0 spiro atoms. The molecular weight excluding hydrogens is 314 g/mol. The van der Waals surface area contributed by atoms with Crippen LogP contribution in [0.2, 0.25) is 0 Å². The van der Waals surface area contributed by atoms with Crippen LogP contribution in [0.4, 0.5) is 0 Å². The van der Waals surface area contributed by atoms with E-state index in [0.717, 1.165) is 17.0 Å². The van der Waals surface area contributed by atoms with Crippen molar-refractivity contribution in [3.63, 3.8) is 0 Å². The molecule has 1 amide bonds. The number of aromatic nitrogens is 1. The number of sulfonamides is 1. The van der Waals surface area contributed by atoms with Gasteiger partial charge in [-0.05, 0) is 38.3 Å². The lowest BCUT2D eigenvalue weighted by atomic mass is 10.1. The van der Waals surface area contributed by atoms with E-state index < -0.39 is 10.0 Å². The molecule has 1 aromatic rings. The van der Waals surface area contributed by atoms with Gasteiger partial charge in [0.25, 0.3) is 0 Å². The number of carbonyl (C=O) groups is 1. The van der Waals surface area contributed by atoms with Crippen LogP contribution in [0.1, 0.15) is 36.7 Å². The van der Waals surface area contributed by atoms with E-state index in [1.807, 2.05) is 26.8 Å². The van der Waals surface area contributed by atoms with E-state index in [1.54, 1.807) is 4.90 Å². The van der Waals surface area contributed by atoms with E-state index in [9.17, 15) is 13.2 Å². The van der Waals surface area contributed by atoms with Crippen molar-refractivity contribution >= 4 is 15.9 Å². The number of nitrogens with one attached hydrogen (secondary N) is 1. The van der Waals surface area contributed by atoms with Crippen LogP contribution >= 0.6 is 0 Å². The largest absolute Gasteiger partial charge is 0.362 e. The highest BCUT2D eigenvalue weighted by Crippen LogP contribution is 2.14. The Labute approximate surface area is 138 Å². The molecular formula is C16H27N3O3S. The zero-order chi connectivity index (χ0) is 17.0. The monoisotopic (exact) mass is 341 g/mol. The molecule has 2 heterocycles. The Kier molecular flexibility index (Phi) is 5.86. The van der Waals surface area contributed by atoms with Gasteiger partial charge in [-0.2, -0.15) is 0 Å². The molecule has 1 aliphatic heterocycles. The van der Waals surface area contributed by atoms with Gasteiger partial charge in [0.1, 0.15) is 0 Å². The highest BCUT2D eigenvalue weighted by atomic mass is 32.2. The van der Waals surface area contributed by atoms with Crippen molar-refractivity contribution in [2.45, 2.75) is 40.0 Å². The molecule has 23 heavy (non-hydrogen) atoms. The molecule has 1 N–H and O–H groups in total. The van der Waals surface area contributed by atoms with Crippen LogP contribution in [0.25, 0.3) is 0 Å². The summed E-state index contributed by atoms with van der Waals surface area (Å²) in [6, 6.07) is 2.00. The summed E-state index contributed by atoms with van der Waals surface area (Å²) in [5.41, 5.74) is 3.10. The molecule has 0 radical (unpaired) electrons. The Hall–Kier alpha value is -1.34. The molecule has 6 nitrogen and oxygen atoms in total. The average molecular weight is 341 g/mol. The predicted octanol–water partition coefficient (Wildman–Crippen LogP) is 1.45. The first kappa shape index (κ1) is 18.0. The maximum atomic E-state index is 12.5. The number of hydrogen-bond donors (Lipinski definition) is 1. The maximum absolute atomic E-state index is 12.5. The van der Waals surface area contributed by atoms with Gasteiger partial charge in [0, 0.05) is 37.6 Å². The minimum atomic E-state index is -3.18. The summed E-state index contributed by atoms with van der Waals surface area (Å²) in [6.45, 7) is 7.82. The Bertz CT molecular complexity index is 652. The van der Waals surface area contributed by atoms with Crippen molar-refractivity contribution < 1.29 is 13.2 Å². The van der Waals surface area contributed by atoms with Crippen LogP contribution < -0.4 is 0 Å². The van der Waals surface area contributed by atoms with Gasteiger partial charge in [0.2, 0.25) is 15.9 Å². The van der Waals surface area contributed by atoms with Gasteiger partial charge in [0.15, 0.2) is 0 Å². The van der Waals surface area contributed by atoms with E-state index in [1.165, 1.54) is 4.31 Å². The molecule has 2 rings (SSSR count). The SMILES string of the molecule is CCCS(=O)(=O)N1CCCN(C(=O)Cc2cc(C)[nH]c2C)CC1. The van der Waals surface area contributed by atoms with Crippen molar-refractivity contribution in [3.8, 4) is 0 Å². The summed E-state index contributed by atoms with van der Waals surface area (Å²) in [5, 5.41) is 0. The van der Waals surface area contributed by atoms with Crippen LogP contribution in [0.3, 0.4) is 0 Å². The Morgan fingerprint density at radius 2 is 1.96 bits per heavy atom. The zero-order valence-corrected chi connectivity index (χ0v) is 15.1. The average Bonchev–Trinajstić information content (AvgIpc) is 2.68. The van der Waals surface area contributed by atoms with Gasteiger partial charge in [-0.25, -0.2) is 12.7 Å². The summed E-state index contributed by atoms with van der Waals surface area (Å²) in [7, 11) is -3.18. The molecule has 1 aromatic heterocycles. The first-order valence-electron chi connectivity index (χ1n) is 8.24. The molecule has 0 aliphatic carbocycles. The van der Waals surface area contributed by atoms with Crippen molar-refractivity contribution in [2.75, 3.05) is 31.9 Å². The van der Waals surface area contributed by atoms with Crippen LogP contribution in [-0.2, 0) is 21.2 Å². The van der Waals surface area contributed by atoms with Crippen molar-refractivity contribution in [3.05, 3.63) is 23.0 Å². The first-order valence-corrected chi connectivity index (χ1v) is 9.85. The van der Waals surface area contributed by atoms with Gasteiger partial charge in [-0.15, -0.1) is 0 Å². The highest BCUT2D eigenvalue weighted by molar-refractivity contribution is 7.89. The lowest BCUT2D eigenvalue weighted by Gasteiger charge is -2.22. The second-order valence-electron chi connectivity index (χ2n) is 6.23.